The molecule has 1 aliphatic rings. The van der Waals surface area contributed by atoms with Crippen LogP contribution in [0.2, 0.25) is 0 Å². The first-order valence-corrected chi connectivity index (χ1v) is 4.86. The highest BCUT2D eigenvalue weighted by atomic mass is 32.2. The molecule has 1 fully saturated rings. The fourth-order valence-corrected chi connectivity index (χ4v) is 1.46. The number of carbonyl (C=O) groups excluding carboxylic acids is 1. The molecule has 0 amide bonds. The fourth-order valence-electron chi connectivity index (χ4n) is 0.704. The van der Waals surface area contributed by atoms with Gasteiger partial charge in [0.25, 0.3) is 5.44 Å². The molecule has 1 aliphatic heterocycles. The minimum absolute atomic E-state index is 0.148. The van der Waals surface area contributed by atoms with Crippen molar-refractivity contribution in [3.63, 3.8) is 0 Å². The quantitative estimate of drug-likeness (QED) is 0.285. The lowest BCUT2D eigenvalue weighted by molar-refractivity contribution is -0.140. The molecule has 0 saturated carbocycles. The van der Waals surface area contributed by atoms with E-state index in [1.54, 1.807) is 0 Å². The van der Waals surface area contributed by atoms with Gasteiger partial charge in [-0.05, 0) is 0 Å². The Morgan fingerprint density at radius 3 is 2.62 bits per heavy atom. The highest BCUT2D eigenvalue weighted by molar-refractivity contribution is 7.86. The molecule has 1 N–H and O–H groups in total. The van der Waals surface area contributed by atoms with Gasteiger partial charge in [-0.2, -0.15) is 8.42 Å². The zero-order valence-corrected chi connectivity index (χ0v) is 7.36. The van der Waals surface area contributed by atoms with Crippen LogP contribution in [0.3, 0.4) is 0 Å². The number of hydrogen-bond donors (Lipinski definition) is 1. The number of hydrogen-bond acceptors (Lipinski definition) is 5. The van der Waals surface area contributed by atoms with Gasteiger partial charge in [-0.15, -0.1) is 0 Å². The highest BCUT2D eigenvalue weighted by Gasteiger charge is 2.43. The van der Waals surface area contributed by atoms with E-state index >= 15 is 0 Å². The van der Waals surface area contributed by atoms with E-state index in [-0.39, 0.29) is 6.61 Å². The van der Waals surface area contributed by atoms with Gasteiger partial charge in [0.15, 0.2) is 0 Å². The van der Waals surface area contributed by atoms with Gasteiger partial charge < -0.3 is 9.47 Å². The maximum atomic E-state index is 10.6. The molecule has 0 aromatic heterocycles. The van der Waals surface area contributed by atoms with Crippen molar-refractivity contribution in [2.45, 2.75) is 11.5 Å². The summed E-state index contributed by atoms with van der Waals surface area (Å²) in [5.41, 5.74) is -1.64. The van der Waals surface area contributed by atoms with E-state index < -0.39 is 27.6 Å². The monoisotopic (exact) mass is 208 g/mol. The zero-order valence-electron chi connectivity index (χ0n) is 6.54. The fraction of sp³-hybridized carbons (Fsp3) is 0.500. The molecule has 7 heteroatoms. The molecule has 0 aromatic carbocycles. The van der Waals surface area contributed by atoms with Gasteiger partial charge in [0.05, 0.1) is 6.61 Å². The molecule has 0 spiro atoms. The average molecular weight is 208 g/mol. The third-order valence-electron chi connectivity index (χ3n) is 1.36. The standard InChI is InChI=1S/C6H8O6S/c1-2-5(7)12-6(4-3-11-4)13(8,9)10/h2,4,6H,1,3H2,(H,8,9,10). The minimum atomic E-state index is -4.42. The summed E-state index contributed by atoms with van der Waals surface area (Å²) >= 11 is 0. The average Bonchev–Trinajstić information content (AvgIpc) is 2.80. The summed E-state index contributed by atoms with van der Waals surface area (Å²) in [5.74, 6) is -0.918. The minimum Gasteiger partial charge on any atom is -0.437 e. The molecular formula is C6H8O6S. The second-order valence-electron chi connectivity index (χ2n) is 2.40. The van der Waals surface area contributed by atoms with Gasteiger partial charge in [-0.1, -0.05) is 6.58 Å². The third-order valence-corrected chi connectivity index (χ3v) is 2.34. The number of carbonyl (C=O) groups is 1. The van der Waals surface area contributed by atoms with Crippen molar-refractivity contribution in [1.29, 1.82) is 0 Å². The predicted octanol–water partition coefficient (Wildman–Crippen LogP) is -0.672. The smallest absolute Gasteiger partial charge is 0.331 e. The van der Waals surface area contributed by atoms with Crippen LogP contribution in [0.4, 0.5) is 0 Å². The van der Waals surface area contributed by atoms with Crippen LogP contribution in [0.1, 0.15) is 0 Å². The topological polar surface area (TPSA) is 93.2 Å². The van der Waals surface area contributed by atoms with E-state index in [0.29, 0.717) is 0 Å². The number of ether oxygens (including phenoxy) is 2. The lowest BCUT2D eigenvalue weighted by atomic mass is 10.5. The normalized spacial score (nSPS) is 23.3. The van der Waals surface area contributed by atoms with Crippen molar-refractivity contribution in [2.75, 3.05) is 6.61 Å². The summed E-state index contributed by atoms with van der Waals surface area (Å²) in [5, 5.41) is 0. The summed E-state index contributed by atoms with van der Waals surface area (Å²) in [6.45, 7) is 3.23. The molecule has 6 nitrogen and oxygen atoms in total. The zero-order chi connectivity index (χ0) is 10.1. The predicted molar refractivity (Wildman–Crippen MR) is 41.4 cm³/mol. The molecule has 0 radical (unpaired) electrons. The van der Waals surface area contributed by atoms with Crippen LogP contribution in [-0.4, -0.2) is 37.1 Å². The Kier molecular flexibility index (Phi) is 2.69. The molecule has 0 aliphatic carbocycles. The molecule has 0 bridgehead atoms. The molecule has 13 heavy (non-hydrogen) atoms. The van der Waals surface area contributed by atoms with Gasteiger partial charge in [-0.25, -0.2) is 4.79 Å². The summed E-state index contributed by atoms with van der Waals surface area (Å²) < 4.78 is 38.8. The van der Waals surface area contributed by atoms with Crippen LogP contribution in [0, 0.1) is 0 Å². The van der Waals surface area contributed by atoms with E-state index in [2.05, 4.69) is 16.1 Å². The van der Waals surface area contributed by atoms with E-state index in [1.807, 2.05) is 0 Å². The van der Waals surface area contributed by atoms with Gasteiger partial charge in [0, 0.05) is 6.08 Å². The molecule has 1 heterocycles. The van der Waals surface area contributed by atoms with Crippen LogP contribution in [0.15, 0.2) is 12.7 Å². The number of epoxide rings is 1. The Hall–Kier alpha value is -0.920. The Morgan fingerprint density at radius 1 is 1.77 bits per heavy atom. The molecule has 74 valence electrons. The number of esters is 1. The van der Waals surface area contributed by atoms with Crippen molar-refractivity contribution >= 4 is 16.1 Å². The molecule has 2 atom stereocenters. The second kappa shape index (κ2) is 3.44. The molecular weight excluding hydrogens is 200 g/mol. The molecule has 0 aromatic rings. The SMILES string of the molecule is C=CC(=O)OC(C1CO1)S(=O)(=O)O. The number of rotatable bonds is 4. The van der Waals surface area contributed by atoms with Crippen molar-refractivity contribution in [3.8, 4) is 0 Å². The van der Waals surface area contributed by atoms with Gasteiger partial charge >= 0.3 is 16.1 Å². The van der Waals surface area contributed by atoms with Crippen LogP contribution in [0.25, 0.3) is 0 Å². The lowest BCUT2D eigenvalue weighted by Crippen LogP contribution is -2.31. The summed E-state index contributed by atoms with van der Waals surface area (Å²) in [6.07, 6.45) is 0.0412. The summed E-state index contributed by atoms with van der Waals surface area (Å²) in [7, 11) is -4.42. The van der Waals surface area contributed by atoms with Crippen molar-refractivity contribution in [3.05, 3.63) is 12.7 Å². The molecule has 2 unspecified atom stereocenters. The summed E-state index contributed by atoms with van der Waals surface area (Å²) in [4.78, 5) is 10.6. The Bertz CT molecular complexity index is 314. The lowest BCUT2D eigenvalue weighted by Gasteiger charge is -2.10. The molecule has 1 rings (SSSR count). The third kappa shape index (κ3) is 2.79. The van der Waals surface area contributed by atoms with Crippen molar-refractivity contribution in [2.24, 2.45) is 0 Å². The van der Waals surface area contributed by atoms with Gasteiger partial charge in [0.2, 0.25) is 0 Å². The Balaban J connectivity index is 2.69. The van der Waals surface area contributed by atoms with E-state index in [0.717, 1.165) is 6.08 Å². The Morgan fingerprint density at radius 2 is 2.31 bits per heavy atom. The van der Waals surface area contributed by atoms with Crippen LogP contribution < -0.4 is 0 Å². The van der Waals surface area contributed by atoms with Crippen LogP contribution in [-0.2, 0) is 24.4 Å². The van der Waals surface area contributed by atoms with Crippen LogP contribution >= 0.6 is 0 Å². The first kappa shape index (κ1) is 10.2. The largest absolute Gasteiger partial charge is 0.437 e. The highest BCUT2D eigenvalue weighted by Crippen LogP contribution is 2.21. The maximum absolute atomic E-state index is 10.6. The Labute approximate surface area is 74.9 Å². The second-order valence-corrected chi connectivity index (χ2v) is 3.89. The molecule has 1 saturated heterocycles. The summed E-state index contributed by atoms with van der Waals surface area (Å²) in [6, 6.07) is 0. The maximum Gasteiger partial charge on any atom is 0.331 e. The van der Waals surface area contributed by atoms with Gasteiger partial charge in [-0.3, -0.25) is 4.55 Å². The van der Waals surface area contributed by atoms with E-state index in [1.165, 1.54) is 0 Å². The first-order valence-electron chi connectivity index (χ1n) is 3.36. The van der Waals surface area contributed by atoms with E-state index in [9.17, 15) is 13.2 Å². The van der Waals surface area contributed by atoms with E-state index in [4.69, 9.17) is 4.55 Å². The van der Waals surface area contributed by atoms with Gasteiger partial charge in [0.1, 0.15) is 6.10 Å². The van der Waals surface area contributed by atoms with Crippen molar-refractivity contribution in [1.82, 2.24) is 0 Å². The first-order chi connectivity index (χ1) is 5.95. The van der Waals surface area contributed by atoms with Crippen molar-refractivity contribution < 1.29 is 27.2 Å². The van der Waals surface area contributed by atoms with Crippen LogP contribution in [0.5, 0.6) is 0 Å².